The molecule has 0 N–H and O–H groups in total. The molecule has 0 radical (unpaired) electrons. The Kier molecular flexibility index (Phi) is 19.7. The number of carbonyl (C=O) groups is 2. The second kappa shape index (κ2) is 22.6. The molecule has 218 valence electrons. The highest BCUT2D eigenvalue weighted by atomic mass is 16.5. The molecule has 0 heterocycles. The van der Waals surface area contributed by atoms with Crippen LogP contribution < -0.4 is 0 Å². The third-order valence-electron chi connectivity index (χ3n) is 6.44. The maximum Gasteiger partial charge on any atom is 0.306 e. The second-order valence-corrected chi connectivity index (χ2v) is 10.8. The SMILES string of the molecule is CC/C=C\C/C=C\C/C=C\C/C=C\C/C=C\C/C=C\CCC(=O)OC/C1=C\CC(C)(C)/C=C/C(=O)/C(C)=C/CC1. The predicted molar refractivity (Wildman–Crippen MR) is 172 cm³/mol. The van der Waals surface area contributed by atoms with Crippen LogP contribution in [-0.4, -0.2) is 18.4 Å². The van der Waals surface area contributed by atoms with Crippen LogP contribution in [0.25, 0.3) is 0 Å². The molecule has 0 aliphatic heterocycles. The van der Waals surface area contributed by atoms with Crippen molar-refractivity contribution in [3.63, 3.8) is 0 Å². The first kappa shape index (κ1) is 34.8. The van der Waals surface area contributed by atoms with Gasteiger partial charge in [-0.1, -0.05) is 112 Å². The summed E-state index contributed by atoms with van der Waals surface area (Å²) in [5.74, 6) is -0.104. The first-order valence-corrected chi connectivity index (χ1v) is 15.0. The molecule has 0 bridgehead atoms. The minimum absolute atomic E-state index is 0.0670. The molecule has 3 nitrogen and oxygen atoms in total. The zero-order valence-corrected chi connectivity index (χ0v) is 25.4. The Morgan fingerprint density at radius 3 is 1.90 bits per heavy atom. The molecule has 0 saturated carbocycles. The number of ketones is 1. The van der Waals surface area contributed by atoms with Crippen LogP contribution >= 0.6 is 0 Å². The lowest BCUT2D eigenvalue weighted by atomic mass is 9.87. The molecule has 0 atom stereocenters. The van der Waals surface area contributed by atoms with Crippen LogP contribution in [-0.2, 0) is 14.3 Å². The van der Waals surface area contributed by atoms with Gasteiger partial charge < -0.3 is 4.74 Å². The van der Waals surface area contributed by atoms with Gasteiger partial charge in [0.15, 0.2) is 5.78 Å². The van der Waals surface area contributed by atoms with Crippen molar-refractivity contribution in [2.45, 2.75) is 98.3 Å². The van der Waals surface area contributed by atoms with Crippen LogP contribution in [0.15, 0.2) is 108 Å². The van der Waals surface area contributed by atoms with Crippen molar-refractivity contribution in [3.8, 4) is 0 Å². The summed E-state index contributed by atoms with van der Waals surface area (Å²) in [4.78, 5) is 24.4. The van der Waals surface area contributed by atoms with Gasteiger partial charge in [0.2, 0.25) is 0 Å². The van der Waals surface area contributed by atoms with Crippen LogP contribution in [0.3, 0.4) is 0 Å². The van der Waals surface area contributed by atoms with E-state index in [2.05, 4.69) is 93.7 Å². The van der Waals surface area contributed by atoms with E-state index in [1.165, 1.54) is 0 Å². The monoisotopic (exact) mass is 544 g/mol. The maximum absolute atomic E-state index is 12.2. The zero-order valence-electron chi connectivity index (χ0n) is 25.4. The van der Waals surface area contributed by atoms with Gasteiger partial charge in [-0.3, -0.25) is 9.59 Å². The number of carbonyl (C=O) groups excluding carboxylic acids is 2. The molecule has 0 aromatic carbocycles. The van der Waals surface area contributed by atoms with Crippen LogP contribution in [0.1, 0.15) is 98.3 Å². The number of rotatable bonds is 16. The average molecular weight is 545 g/mol. The minimum atomic E-state index is -0.171. The highest BCUT2D eigenvalue weighted by Gasteiger charge is 2.15. The Bertz CT molecular complexity index is 1010. The quantitative estimate of drug-likeness (QED) is 0.143. The highest BCUT2D eigenvalue weighted by molar-refractivity contribution is 6.03. The lowest BCUT2D eigenvalue weighted by Gasteiger charge is -2.18. The number of allylic oxidation sites excluding steroid dienone is 17. The molecular formula is C37H52O3. The topological polar surface area (TPSA) is 43.4 Å². The first-order valence-electron chi connectivity index (χ1n) is 15.0. The molecule has 40 heavy (non-hydrogen) atoms. The molecule has 3 heteroatoms. The Labute approximate surface area is 244 Å². The summed E-state index contributed by atoms with van der Waals surface area (Å²) >= 11 is 0. The van der Waals surface area contributed by atoms with Gasteiger partial charge in [0.1, 0.15) is 6.61 Å². The Balaban J connectivity index is 2.21. The van der Waals surface area contributed by atoms with Crippen molar-refractivity contribution >= 4 is 11.8 Å². The molecule has 0 aromatic heterocycles. The summed E-state index contributed by atoms with van der Waals surface area (Å²) in [6.45, 7) is 8.55. The van der Waals surface area contributed by atoms with Crippen molar-refractivity contribution in [3.05, 3.63) is 108 Å². The molecule has 1 aliphatic carbocycles. The van der Waals surface area contributed by atoms with Crippen molar-refractivity contribution < 1.29 is 14.3 Å². The molecule has 0 amide bonds. The van der Waals surface area contributed by atoms with E-state index < -0.39 is 0 Å². The molecule has 0 saturated heterocycles. The summed E-state index contributed by atoms with van der Waals surface area (Å²) < 4.78 is 5.56. The molecule has 0 spiro atoms. The van der Waals surface area contributed by atoms with Gasteiger partial charge >= 0.3 is 5.97 Å². The smallest absolute Gasteiger partial charge is 0.306 e. The first-order chi connectivity index (χ1) is 19.3. The predicted octanol–water partition coefficient (Wildman–Crippen LogP) is 10.2. The summed E-state index contributed by atoms with van der Waals surface area (Å²) in [6, 6.07) is 0. The lowest BCUT2D eigenvalue weighted by molar-refractivity contribution is -0.142. The maximum atomic E-state index is 12.2. The van der Waals surface area contributed by atoms with E-state index in [4.69, 9.17) is 4.74 Å². The normalized spacial score (nSPS) is 20.4. The van der Waals surface area contributed by atoms with Crippen molar-refractivity contribution in [1.29, 1.82) is 0 Å². The number of esters is 1. The van der Waals surface area contributed by atoms with Gasteiger partial charge in [-0.2, -0.15) is 0 Å². The van der Waals surface area contributed by atoms with E-state index in [9.17, 15) is 9.59 Å². The Hall–Kier alpha value is -3.20. The van der Waals surface area contributed by atoms with E-state index in [1.807, 2.05) is 25.2 Å². The van der Waals surface area contributed by atoms with Crippen LogP contribution in [0.5, 0.6) is 0 Å². The largest absolute Gasteiger partial charge is 0.461 e. The van der Waals surface area contributed by atoms with E-state index in [0.717, 1.165) is 68.9 Å². The van der Waals surface area contributed by atoms with Gasteiger partial charge in [0, 0.05) is 6.42 Å². The number of ether oxygens (including phenoxy) is 1. The van der Waals surface area contributed by atoms with Crippen LogP contribution in [0, 0.1) is 5.41 Å². The standard InChI is InChI=1S/C37H52O3/c1-5-6-7-8-9-10-11-12-13-14-15-16-17-18-19-20-21-22-23-27-36(39)40-32-34-26-24-25-33(2)35(38)29-31-37(3,4)30-28-34/h6-7,9-10,12-13,15-16,18-19,21-22,25,28-29,31H,5,8,11,14,17,20,23-24,26-27,30,32H2,1-4H3/b7-6-,10-9-,13-12-,16-15-,19-18-,22-21-,31-29+,33-25+,34-28-. The Morgan fingerprint density at radius 2 is 1.35 bits per heavy atom. The summed E-state index contributed by atoms with van der Waals surface area (Å²) in [5.41, 5.74) is 1.76. The fraction of sp³-hybridized carbons (Fsp3) is 0.459. The van der Waals surface area contributed by atoms with Crippen molar-refractivity contribution in [2.75, 3.05) is 6.61 Å². The summed E-state index contributed by atoms with van der Waals surface area (Å²) in [5, 5.41) is 0. The minimum Gasteiger partial charge on any atom is -0.461 e. The number of hydrogen-bond donors (Lipinski definition) is 0. The van der Waals surface area contributed by atoms with E-state index in [0.29, 0.717) is 19.4 Å². The lowest BCUT2D eigenvalue weighted by Crippen LogP contribution is -2.10. The Morgan fingerprint density at radius 1 is 0.825 bits per heavy atom. The third kappa shape index (κ3) is 19.8. The molecule has 1 aliphatic rings. The van der Waals surface area contributed by atoms with Gasteiger partial charge in [-0.25, -0.2) is 0 Å². The summed E-state index contributed by atoms with van der Waals surface area (Å²) in [6.07, 6.45) is 43.2. The van der Waals surface area contributed by atoms with Gasteiger partial charge in [-0.15, -0.1) is 0 Å². The third-order valence-corrected chi connectivity index (χ3v) is 6.44. The second-order valence-electron chi connectivity index (χ2n) is 10.8. The number of hydrogen-bond acceptors (Lipinski definition) is 3. The van der Waals surface area contributed by atoms with Gasteiger partial charge in [-0.05, 0) is 93.8 Å². The molecule has 0 aromatic rings. The highest BCUT2D eigenvalue weighted by Crippen LogP contribution is 2.25. The average Bonchev–Trinajstić information content (AvgIpc) is 2.95. The fourth-order valence-corrected chi connectivity index (χ4v) is 3.80. The van der Waals surface area contributed by atoms with Crippen LogP contribution in [0.2, 0.25) is 0 Å². The van der Waals surface area contributed by atoms with Gasteiger partial charge in [0.25, 0.3) is 0 Å². The molecule has 0 unspecified atom stereocenters. The van der Waals surface area contributed by atoms with Crippen LogP contribution in [0.4, 0.5) is 0 Å². The summed E-state index contributed by atoms with van der Waals surface area (Å²) in [7, 11) is 0. The van der Waals surface area contributed by atoms with Gasteiger partial charge in [0.05, 0.1) is 0 Å². The molecule has 1 rings (SSSR count). The molecular weight excluding hydrogens is 492 g/mol. The fourth-order valence-electron chi connectivity index (χ4n) is 3.80. The van der Waals surface area contributed by atoms with Crippen molar-refractivity contribution in [2.24, 2.45) is 5.41 Å². The molecule has 0 fully saturated rings. The van der Waals surface area contributed by atoms with Crippen molar-refractivity contribution in [1.82, 2.24) is 0 Å². The van der Waals surface area contributed by atoms with E-state index in [-0.39, 0.29) is 17.2 Å². The van der Waals surface area contributed by atoms with E-state index >= 15 is 0 Å². The zero-order chi connectivity index (χ0) is 29.3. The van der Waals surface area contributed by atoms with E-state index in [1.54, 1.807) is 6.08 Å².